The van der Waals surface area contributed by atoms with Gasteiger partial charge in [-0.05, 0) is 12.1 Å². The van der Waals surface area contributed by atoms with Gasteiger partial charge in [-0.2, -0.15) is 9.97 Å². The van der Waals surface area contributed by atoms with Crippen molar-refractivity contribution in [3.05, 3.63) is 36.4 Å². The predicted octanol–water partition coefficient (Wildman–Crippen LogP) is 1.85. The first-order valence-electron chi connectivity index (χ1n) is 8.02. The number of methoxy groups -OCH3 is 2. The summed E-state index contributed by atoms with van der Waals surface area (Å²) in [6.07, 6.45) is 0. The molecule has 25 heavy (non-hydrogen) atoms. The molecule has 2 amide bonds. The largest absolute Gasteiger partial charge is 0.481 e. The van der Waals surface area contributed by atoms with Crippen LogP contribution in [0.1, 0.15) is 0 Å². The van der Waals surface area contributed by atoms with Crippen LogP contribution in [-0.4, -0.2) is 61.3 Å². The van der Waals surface area contributed by atoms with E-state index < -0.39 is 0 Å². The molecule has 0 aliphatic carbocycles. The number of para-hydroxylation sites is 1. The zero-order chi connectivity index (χ0) is 17.6. The number of amides is 2. The monoisotopic (exact) mass is 343 g/mol. The van der Waals surface area contributed by atoms with Crippen LogP contribution in [0.4, 0.5) is 16.3 Å². The maximum Gasteiger partial charge on any atom is 0.321 e. The quantitative estimate of drug-likeness (QED) is 0.913. The highest BCUT2D eigenvalue weighted by Crippen LogP contribution is 2.22. The SMILES string of the molecule is COc1cc(N2CCN(C(=O)Nc3ccccc3)CC2)nc(OC)n1. The van der Waals surface area contributed by atoms with E-state index in [1.807, 2.05) is 30.3 Å². The van der Waals surface area contributed by atoms with E-state index in [9.17, 15) is 4.79 Å². The van der Waals surface area contributed by atoms with Crippen molar-refractivity contribution in [1.29, 1.82) is 0 Å². The molecule has 0 spiro atoms. The summed E-state index contributed by atoms with van der Waals surface area (Å²) in [5.74, 6) is 1.18. The molecule has 1 aliphatic rings. The first-order chi connectivity index (χ1) is 12.2. The molecule has 8 nitrogen and oxygen atoms in total. The van der Waals surface area contributed by atoms with Gasteiger partial charge in [0.25, 0.3) is 0 Å². The Bertz CT molecular complexity index is 695. The number of nitrogens with zero attached hydrogens (tertiary/aromatic N) is 4. The van der Waals surface area contributed by atoms with Crippen molar-refractivity contribution in [1.82, 2.24) is 14.9 Å². The number of aromatic nitrogens is 2. The molecule has 2 heterocycles. The molecular formula is C17H21N5O3. The Kier molecular flexibility index (Phi) is 5.17. The lowest BCUT2D eigenvalue weighted by atomic mass is 10.3. The first-order valence-corrected chi connectivity index (χ1v) is 8.02. The Morgan fingerprint density at radius 1 is 1.04 bits per heavy atom. The van der Waals surface area contributed by atoms with Crippen LogP contribution in [0.5, 0.6) is 11.9 Å². The van der Waals surface area contributed by atoms with Crippen LogP contribution >= 0.6 is 0 Å². The number of carbonyl (C=O) groups excluding carboxylic acids is 1. The first kappa shape index (κ1) is 16.8. The van der Waals surface area contributed by atoms with Crippen LogP contribution in [0.25, 0.3) is 0 Å². The van der Waals surface area contributed by atoms with Crippen LogP contribution in [0.2, 0.25) is 0 Å². The molecular weight excluding hydrogens is 322 g/mol. The molecule has 8 heteroatoms. The van der Waals surface area contributed by atoms with Gasteiger partial charge in [0.2, 0.25) is 5.88 Å². The van der Waals surface area contributed by atoms with Gasteiger partial charge < -0.3 is 24.6 Å². The molecule has 0 saturated carbocycles. The smallest absolute Gasteiger partial charge is 0.321 e. The third-order valence-corrected chi connectivity index (χ3v) is 3.98. The molecule has 1 N–H and O–H groups in total. The summed E-state index contributed by atoms with van der Waals surface area (Å²) in [6.45, 7) is 2.55. The van der Waals surface area contributed by atoms with Crippen molar-refractivity contribution < 1.29 is 14.3 Å². The summed E-state index contributed by atoms with van der Waals surface area (Å²) >= 11 is 0. The van der Waals surface area contributed by atoms with Gasteiger partial charge in [0.15, 0.2) is 0 Å². The van der Waals surface area contributed by atoms with Gasteiger partial charge in [-0.25, -0.2) is 4.79 Å². The van der Waals surface area contributed by atoms with E-state index in [2.05, 4.69) is 20.2 Å². The third-order valence-electron chi connectivity index (χ3n) is 3.98. The van der Waals surface area contributed by atoms with Crippen LogP contribution in [0.15, 0.2) is 36.4 Å². The number of urea groups is 1. The molecule has 132 valence electrons. The zero-order valence-electron chi connectivity index (χ0n) is 14.3. The van der Waals surface area contributed by atoms with Gasteiger partial charge in [-0.3, -0.25) is 0 Å². The van der Waals surface area contributed by atoms with E-state index in [0.29, 0.717) is 32.1 Å². The van der Waals surface area contributed by atoms with Gasteiger partial charge in [-0.15, -0.1) is 0 Å². The van der Waals surface area contributed by atoms with Gasteiger partial charge in [0.1, 0.15) is 5.82 Å². The summed E-state index contributed by atoms with van der Waals surface area (Å²) in [6, 6.07) is 11.4. The Balaban J connectivity index is 1.61. The Labute approximate surface area is 146 Å². The number of benzene rings is 1. The molecule has 0 radical (unpaired) electrons. The average molecular weight is 343 g/mol. The van der Waals surface area contributed by atoms with Crippen LogP contribution < -0.4 is 19.7 Å². The predicted molar refractivity (Wildman–Crippen MR) is 94.4 cm³/mol. The number of nitrogens with one attached hydrogen (secondary N) is 1. The summed E-state index contributed by atoms with van der Waals surface area (Å²) in [5, 5.41) is 2.91. The number of rotatable bonds is 4. The van der Waals surface area contributed by atoms with Gasteiger partial charge >= 0.3 is 12.0 Å². The zero-order valence-corrected chi connectivity index (χ0v) is 14.3. The van der Waals surface area contributed by atoms with E-state index >= 15 is 0 Å². The van der Waals surface area contributed by atoms with Crippen LogP contribution in [-0.2, 0) is 0 Å². The summed E-state index contributed by atoms with van der Waals surface area (Å²) in [4.78, 5) is 24.7. The maximum absolute atomic E-state index is 12.3. The molecule has 0 bridgehead atoms. The van der Waals surface area contributed by atoms with E-state index in [1.54, 1.807) is 18.1 Å². The molecule has 2 aromatic rings. The number of anilines is 2. The van der Waals surface area contributed by atoms with Crippen LogP contribution in [0, 0.1) is 0 Å². The van der Waals surface area contributed by atoms with E-state index in [-0.39, 0.29) is 12.0 Å². The minimum atomic E-state index is -0.0938. The second-order valence-electron chi connectivity index (χ2n) is 5.53. The van der Waals surface area contributed by atoms with Gasteiger partial charge in [0.05, 0.1) is 14.2 Å². The number of ether oxygens (including phenoxy) is 2. The van der Waals surface area contributed by atoms with E-state index in [0.717, 1.165) is 11.5 Å². The van der Waals surface area contributed by atoms with Crippen molar-refractivity contribution in [2.75, 3.05) is 50.6 Å². The van der Waals surface area contributed by atoms with E-state index in [4.69, 9.17) is 9.47 Å². The standard InChI is InChI=1S/C17H21N5O3/c1-24-15-12-14(19-16(20-15)25-2)21-8-10-22(11-9-21)17(23)18-13-6-4-3-5-7-13/h3-7,12H,8-11H2,1-2H3,(H,18,23). The number of hydrogen-bond donors (Lipinski definition) is 1. The van der Waals surface area contributed by atoms with Gasteiger partial charge in [0, 0.05) is 37.9 Å². The lowest BCUT2D eigenvalue weighted by Crippen LogP contribution is -2.50. The minimum absolute atomic E-state index is 0.0938. The van der Waals surface area contributed by atoms with E-state index in [1.165, 1.54) is 7.11 Å². The molecule has 1 fully saturated rings. The Morgan fingerprint density at radius 2 is 1.76 bits per heavy atom. The minimum Gasteiger partial charge on any atom is -0.481 e. The van der Waals surface area contributed by atoms with Crippen molar-refractivity contribution in [2.45, 2.75) is 0 Å². The second kappa shape index (κ2) is 7.69. The molecule has 1 aromatic carbocycles. The number of piperazine rings is 1. The van der Waals surface area contributed by atoms with Crippen molar-refractivity contribution in [3.63, 3.8) is 0 Å². The topological polar surface area (TPSA) is 79.8 Å². The summed E-state index contributed by atoms with van der Waals surface area (Å²) in [7, 11) is 3.07. The van der Waals surface area contributed by atoms with Crippen LogP contribution in [0.3, 0.4) is 0 Å². The van der Waals surface area contributed by atoms with Crippen molar-refractivity contribution in [2.24, 2.45) is 0 Å². The highest BCUT2D eigenvalue weighted by atomic mass is 16.5. The highest BCUT2D eigenvalue weighted by molar-refractivity contribution is 5.89. The fourth-order valence-corrected chi connectivity index (χ4v) is 2.61. The van der Waals surface area contributed by atoms with Crippen molar-refractivity contribution in [3.8, 4) is 11.9 Å². The molecule has 3 rings (SSSR count). The summed E-state index contributed by atoms with van der Waals surface area (Å²) < 4.78 is 10.3. The second-order valence-corrected chi connectivity index (χ2v) is 5.53. The Morgan fingerprint density at radius 3 is 2.40 bits per heavy atom. The summed E-state index contributed by atoms with van der Waals surface area (Å²) in [5.41, 5.74) is 0.792. The van der Waals surface area contributed by atoms with Gasteiger partial charge in [-0.1, -0.05) is 18.2 Å². The highest BCUT2D eigenvalue weighted by Gasteiger charge is 2.23. The third kappa shape index (κ3) is 4.09. The number of hydrogen-bond acceptors (Lipinski definition) is 6. The molecule has 1 aromatic heterocycles. The normalized spacial score (nSPS) is 14.2. The molecule has 1 aliphatic heterocycles. The lowest BCUT2D eigenvalue weighted by molar-refractivity contribution is 0.208. The fraction of sp³-hybridized carbons (Fsp3) is 0.353. The van der Waals surface area contributed by atoms with Crippen molar-refractivity contribution >= 4 is 17.5 Å². The molecule has 1 saturated heterocycles. The number of carbonyl (C=O) groups is 1. The maximum atomic E-state index is 12.3. The Hall–Kier alpha value is -3.03. The fourth-order valence-electron chi connectivity index (χ4n) is 2.61. The lowest BCUT2D eigenvalue weighted by Gasteiger charge is -2.35. The molecule has 0 unspecified atom stereocenters. The average Bonchev–Trinajstić information content (AvgIpc) is 2.68. The molecule has 0 atom stereocenters.